The number of hydrogen-bond acceptors (Lipinski definition) is 4. The van der Waals surface area contributed by atoms with Crippen LogP contribution in [0.15, 0.2) is 0 Å². The molecule has 2 amide bonds. The normalized spacial score (nSPS) is 17.6. The number of hydrogen-bond donors (Lipinski definition) is 0. The number of methoxy groups -OCH3 is 2. The average molecular weight is 260 g/mol. The molecule has 0 aliphatic carbocycles. The van der Waals surface area contributed by atoms with Gasteiger partial charge >= 0.3 is 6.03 Å². The van der Waals surface area contributed by atoms with E-state index in [-0.39, 0.29) is 12.1 Å². The second-order valence-electron chi connectivity index (χ2n) is 4.37. The van der Waals surface area contributed by atoms with E-state index in [0.717, 1.165) is 0 Å². The number of ether oxygens (including phenoxy) is 3. The van der Waals surface area contributed by atoms with E-state index in [2.05, 4.69) is 0 Å². The molecule has 18 heavy (non-hydrogen) atoms. The van der Waals surface area contributed by atoms with E-state index < -0.39 is 0 Å². The molecule has 1 heterocycles. The van der Waals surface area contributed by atoms with E-state index in [0.29, 0.717) is 46.1 Å². The standard InChI is InChI=1S/C12H24N2O4/c1-11(10-17-3)14(6-7-16-2)12(15)13-4-8-18-9-5-13/h11H,4-10H2,1-3H3. The Morgan fingerprint density at radius 3 is 2.56 bits per heavy atom. The van der Waals surface area contributed by atoms with Crippen LogP contribution in [0.1, 0.15) is 6.92 Å². The van der Waals surface area contributed by atoms with Gasteiger partial charge in [-0.3, -0.25) is 0 Å². The first-order valence-corrected chi connectivity index (χ1v) is 6.32. The highest BCUT2D eigenvalue weighted by atomic mass is 16.5. The molecule has 6 nitrogen and oxygen atoms in total. The molecule has 0 bridgehead atoms. The van der Waals surface area contributed by atoms with Crippen LogP contribution in [0.4, 0.5) is 4.79 Å². The molecular weight excluding hydrogens is 236 g/mol. The predicted molar refractivity (Wildman–Crippen MR) is 67.7 cm³/mol. The minimum atomic E-state index is 0.0416. The Kier molecular flexibility index (Phi) is 7.00. The highest BCUT2D eigenvalue weighted by Gasteiger charge is 2.26. The number of carbonyl (C=O) groups is 1. The zero-order chi connectivity index (χ0) is 13.4. The lowest BCUT2D eigenvalue weighted by Crippen LogP contribution is -2.52. The maximum atomic E-state index is 12.4. The molecule has 6 heteroatoms. The molecule has 0 aromatic carbocycles. The summed E-state index contributed by atoms with van der Waals surface area (Å²) in [7, 11) is 3.28. The monoisotopic (exact) mass is 260 g/mol. The van der Waals surface area contributed by atoms with Crippen LogP contribution in [0.5, 0.6) is 0 Å². The van der Waals surface area contributed by atoms with Crippen LogP contribution in [0, 0.1) is 0 Å². The third-order valence-corrected chi connectivity index (χ3v) is 3.00. The fourth-order valence-corrected chi connectivity index (χ4v) is 1.96. The number of carbonyl (C=O) groups excluding carboxylic acids is 1. The smallest absolute Gasteiger partial charge is 0.320 e. The topological polar surface area (TPSA) is 51.2 Å². The molecule has 1 atom stereocenters. The van der Waals surface area contributed by atoms with Gasteiger partial charge in [0.2, 0.25) is 0 Å². The molecule has 1 saturated heterocycles. The first-order valence-electron chi connectivity index (χ1n) is 6.32. The van der Waals surface area contributed by atoms with Crippen LogP contribution in [0.3, 0.4) is 0 Å². The zero-order valence-corrected chi connectivity index (χ0v) is 11.6. The Bertz CT molecular complexity index is 244. The van der Waals surface area contributed by atoms with Crippen molar-refractivity contribution in [2.45, 2.75) is 13.0 Å². The van der Waals surface area contributed by atoms with Gasteiger partial charge in [0.1, 0.15) is 0 Å². The Hall–Kier alpha value is -0.850. The lowest BCUT2D eigenvalue weighted by Gasteiger charge is -2.35. The number of amides is 2. The fraction of sp³-hybridized carbons (Fsp3) is 0.917. The first kappa shape index (κ1) is 15.2. The van der Waals surface area contributed by atoms with Crippen molar-refractivity contribution in [1.29, 1.82) is 0 Å². The maximum absolute atomic E-state index is 12.4. The summed E-state index contributed by atoms with van der Waals surface area (Å²) in [6.07, 6.45) is 0. The molecule has 106 valence electrons. The molecule has 0 saturated carbocycles. The maximum Gasteiger partial charge on any atom is 0.320 e. The van der Waals surface area contributed by atoms with Gasteiger partial charge in [0.05, 0.1) is 32.5 Å². The van der Waals surface area contributed by atoms with Crippen molar-refractivity contribution in [2.24, 2.45) is 0 Å². The van der Waals surface area contributed by atoms with Crippen LogP contribution < -0.4 is 0 Å². The van der Waals surface area contributed by atoms with Crippen molar-refractivity contribution in [3.63, 3.8) is 0 Å². The molecule has 1 aliphatic heterocycles. The fourth-order valence-electron chi connectivity index (χ4n) is 1.96. The number of urea groups is 1. The molecule has 1 fully saturated rings. The Morgan fingerprint density at radius 1 is 1.33 bits per heavy atom. The van der Waals surface area contributed by atoms with Gasteiger partial charge in [-0.2, -0.15) is 0 Å². The summed E-state index contributed by atoms with van der Waals surface area (Å²) in [5.41, 5.74) is 0. The van der Waals surface area contributed by atoms with Gasteiger partial charge in [-0.05, 0) is 6.92 Å². The van der Waals surface area contributed by atoms with E-state index in [1.165, 1.54) is 0 Å². The quantitative estimate of drug-likeness (QED) is 0.694. The lowest BCUT2D eigenvalue weighted by molar-refractivity contribution is 0.0293. The summed E-state index contributed by atoms with van der Waals surface area (Å²) in [5, 5.41) is 0. The number of nitrogens with zero attached hydrogens (tertiary/aromatic N) is 2. The van der Waals surface area contributed by atoms with Crippen LogP contribution in [0.25, 0.3) is 0 Å². The Balaban J connectivity index is 2.58. The Morgan fingerprint density at radius 2 is 2.00 bits per heavy atom. The second kappa shape index (κ2) is 8.29. The Labute approximate surface area is 109 Å². The molecule has 0 aromatic heterocycles. The molecular formula is C12H24N2O4. The van der Waals surface area contributed by atoms with Gasteiger partial charge < -0.3 is 24.0 Å². The molecule has 1 rings (SSSR count). The third-order valence-electron chi connectivity index (χ3n) is 3.00. The van der Waals surface area contributed by atoms with Gasteiger partial charge in [-0.25, -0.2) is 4.79 Å². The largest absolute Gasteiger partial charge is 0.383 e. The van der Waals surface area contributed by atoms with Gasteiger partial charge in [0, 0.05) is 33.9 Å². The zero-order valence-electron chi connectivity index (χ0n) is 11.6. The minimum absolute atomic E-state index is 0.0416. The minimum Gasteiger partial charge on any atom is -0.383 e. The van der Waals surface area contributed by atoms with Crippen LogP contribution in [-0.4, -0.2) is 82.2 Å². The van der Waals surface area contributed by atoms with Gasteiger partial charge in [0.15, 0.2) is 0 Å². The summed E-state index contributed by atoms with van der Waals surface area (Å²) in [6, 6.07) is 0.0837. The number of rotatable bonds is 6. The lowest BCUT2D eigenvalue weighted by atomic mass is 10.3. The van der Waals surface area contributed by atoms with E-state index in [4.69, 9.17) is 14.2 Å². The van der Waals surface area contributed by atoms with Gasteiger partial charge in [-0.1, -0.05) is 0 Å². The molecule has 1 unspecified atom stereocenters. The summed E-state index contributed by atoms with van der Waals surface area (Å²) >= 11 is 0. The number of morpholine rings is 1. The van der Waals surface area contributed by atoms with Crippen LogP contribution in [0.2, 0.25) is 0 Å². The molecule has 0 radical (unpaired) electrons. The molecule has 0 spiro atoms. The summed E-state index contributed by atoms with van der Waals surface area (Å²) in [5.74, 6) is 0. The van der Waals surface area contributed by atoms with E-state index >= 15 is 0 Å². The van der Waals surface area contributed by atoms with Crippen molar-refractivity contribution in [3.8, 4) is 0 Å². The molecule has 0 aromatic rings. The van der Waals surface area contributed by atoms with Crippen molar-refractivity contribution < 1.29 is 19.0 Å². The highest BCUT2D eigenvalue weighted by molar-refractivity contribution is 5.75. The van der Waals surface area contributed by atoms with Crippen LogP contribution >= 0.6 is 0 Å². The van der Waals surface area contributed by atoms with E-state index in [1.807, 2.05) is 11.8 Å². The predicted octanol–water partition coefficient (Wildman–Crippen LogP) is 0.422. The SMILES string of the molecule is COCCN(C(=O)N1CCOCC1)C(C)COC. The summed E-state index contributed by atoms with van der Waals surface area (Å²) in [4.78, 5) is 16.0. The van der Waals surface area contributed by atoms with Crippen molar-refractivity contribution in [1.82, 2.24) is 9.80 Å². The highest BCUT2D eigenvalue weighted by Crippen LogP contribution is 2.08. The second-order valence-corrected chi connectivity index (χ2v) is 4.37. The summed E-state index contributed by atoms with van der Waals surface area (Å²) < 4.78 is 15.4. The third kappa shape index (κ3) is 4.44. The molecule has 1 aliphatic rings. The van der Waals surface area contributed by atoms with E-state index in [9.17, 15) is 4.79 Å². The average Bonchev–Trinajstić information content (AvgIpc) is 2.40. The van der Waals surface area contributed by atoms with E-state index in [1.54, 1.807) is 19.1 Å². The van der Waals surface area contributed by atoms with Crippen LogP contribution in [-0.2, 0) is 14.2 Å². The van der Waals surface area contributed by atoms with Crippen molar-refractivity contribution in [2.75, 3.05) is 60.3 Å². The van der Waals surface area contributed by atoms with Gasteiger partial charge in [-0.15, -0.1) is 0 Å². The molecule has 0 N–H and O–H groups in total. The first-order chi connectivity index (χ1) is 8.70. The van der Waals surface area contributed by atoms with Gasteiger partial charge in [0.25, 0.3) is 0 Å². The van der Waals surface area contributed by atoms with Crippen molar-refractivity contribution >= 4 is 6.03 Å². The van der Waals surface area contributed by atoms with Crippen molar-refractivity contribution in [3.05, 3.63) is 0 Å². The summed E-state index contributed by atoms with van der Waals surface area (Å²) in [6.45, 7) is 6.16.